The second-order valence-corrected chi connectivity index (χ2v) is 6.88. The molecule has 1 aromatic carbocycles. The van der Waals surface area contributed by atoms with Crippen molar-refractivity contribution in [2.45, 2.75) is 37.2 Å². The molecule has 0 spiro atoms. The predicted molar refractivity (Wildman–Crippen MR) is 81.2 cm³/mol. The van der Waals surface area contributed by atoms with Gasteiger partial charge in [-0.2, -0.15) is 0 Å². The van der Waals surface area contributed by atoms with Crippen molar-refractivity contribution in [3.8, 4) is 0 Å². The van der Waals surface area contributed by atoms with Gasteiger partial charge in [0.15, 0.2) is 0 Å². The van der Waals surface area contributed by atoms with Gasteiger partial charge in [-0.1, -0.05) is 12.1 Å². The molecule has 0 aliphatic heterocycles. The lowest BCUT2D eigenvalue weighted by molar-refractivity contribution is 0.479. The molecule has 0 saturated carbocycles. The molecule has 3 N–H and O–H groups in total. The van der Waals surface area contributed by atoms with Crippen LogP contribution >= 0.6 is 0 Å². The highest BCUT2D eigenvalue weighted by molar-refractivity contribution is 7.89. The maximum absolute atomic E-state index is 12.4. The first-order valence-corrected chi connectivity index (χ1v) is 8.27. The highest BCUT2D eigenvalue weighted by Crippen LogP contribution is 2.16. The Labute approximate surface area is 125 Å². The Bertz CT molecular complexity index is 679. The van der Waals surface area contributed by atoms with Gasteiger partial charge >= 0.3 is 0 Å². The van der Waals surface area contributed by atoms with E-state index >= 15 is 0 Å². The molecule has 2 aromatic rings. The van der Waals surface area contributed by atoms with Gasteiger partial charge in [-0.15, -0.1) is 0 Å². The van der Waals surface area contributed by atoms with Crippen molar-refractivity contribution >= 4 is 10.0 Å². The lowest BCUT2D eigenvalue weighted by Gasteiger charge is -2.14. The van der Waals surface area contributed by atoms with Gasteiger partial charge in [0.25, 0.3) is 0 Å². The van der Waals surface area contributed by atoms with Gasteiger partial charge in [-0.25, -0.2) is 13.1 Å². The summed E-state index contributed by atoms with van der Waals surface area (Å²) in [4.78, 5) is 0.226. The lowest BCUT2D eigenvalue weighted by Crippen LogP contribution is -2.34. The van der Waals surface area contributed by atoms with Crippen LogP contribution in [0.25, 0.3) is 0 Å². The molecule has 0 aliphatic carbocycles. The Morgan fingerprint density at radius 2 is 2.00 bits per heavy atom. The van der Waals surface area contributed by atoms with Crippen LogP contribution in [0, 0.1) is 0 Å². The quantitative estimate of drug-likeness (QED) is 0.856. The summed E-state index contributed by atoms with van der Waals surface area (Å²) >= 11 is 0. The molecule has 0 fully saturated rings. The molecule has 2 atom stereocenters. The van der Waals surface area contributed by atoms with E-state index in [1.165, 1.54) is 0 Å². The van der Waals surface area contributed by atoms with Gasteiger partial charge in [-0.05, 0) is 43.7 Å². The number of rotatable bonds is 6. The summed E-state index contributed by atoms with van der Waals surface area (Å²) in [5, 5.41) is 0. The van der Waals surface area contributed by atoms with E-state index in [0.29, 0.717) is 6.42 Å². The van der Waals surface area contributed by atoms with Crippen molar-refractivity contribution in [2.24, 2.45) is 5.73 Å². The monoisotopic (exact) mass is 308 g/mol. The van der Waals surface area contributed by atoms with Crippen LogP contribution < -0.4 is 10.5 Å². The maximum atomic E-state index is 12.4. The summed E-state index contributed by atoms with van der Waals surface area (Å²) in [6, 6.07) is 9.81. The van der Waals surface area contributed by atoms with Crippen LogP contribution in [0.3, 0.4) is 0 Å². The van der Waals surface area contributed by atoms with E-state index in [-0.39, 0.29) is 17.0 Å². The molecule has 0 saturated heterocycles. The summed E-state index contributed by atoms with van der Waals surface area (Å²) in [5.74, 6) is 0.745. The van der Waals surface area contributed by atoms with Gasteiger partial charge < -0.3 is 10.2 Å². The topological polar surface area (TPSA) is 85.3 Å². The largest absolute Gasteiger partial charge is 0.469 e. The van der Waals surface area contributed by atoms with E-state index in [0.717, 1.165) is 11.3 Å². The van der Waals surface area contributed by atoms with Crippen LogP contribution in [0.1, 0.15) is 31.2 Å². The van der Waals surface area contributed by atoms with Gasteiger partial charge in [0.1, 0.15) is 5.76 Å². The van der Waals surface area contributed by atoms with Crippen LogP contribution in [-0.4, -0.2) is 14.5 Å². The smallest absolute Gasteiger partial charge is 0.240 e. The SMILES string of the molecule is CC(Cc1ccco1)NS(=O)(=O)c1cccc(C(C)N)c1. The van der Waals surface area contributed by atoms with Crippen molar-refractivity contribution < 1.29 is 12.8 Å². The highest BCUT2D eigenvalue weighted by Gasteiger charge is 2.19. The summed E-state index contributed by atoms with van der Waals surface area (Å²) in [6.07, 6.45) is 2.07. The van der Waals surface area contributed by atoms with Crippen molar-refractivity contribution in [1.82, 2.24) is 4.72 Å². The first kappa shape index (κ1) is 15.8. The Hall–Kier alpha value is -1.63. The zero-order valence-corrected chi connectivity index (χ0v) is 12.9. The highest BCUT2D eigenvalue weighted by atomic mass is 32.2. The summed E-state index contributed by atoms with van der Waals surface area (Å²) in [7, 11) is -3.57. The number of sulfonamides is 1. The van der Waals surface area contributed by atoms with Crippen LogP contribution in [0.2, 0.25) is 0 Å². The van der Waals surface area contributed by atoms with E-state index in [1.54, 1.807) is 37.5 Å². The molecule has 1 aromatic heterocycles. The molecule has 0 aliphatic rings. The Morgan fingerprint density at radius 3 is 2.62 bits per heavy atom. The normalized spacial score (nSPS) is 14.8. The minimum Gasteiger partial charge on any atom is -0.469 e. The predicted octanol–water partition coefficient (Wildman–Crippen LogP) is 2.21. The molecule has 21 heavy (non-hydrogen) atoms. The number of benzene rings is 1. The molecule has 6 heteroatoms. The van der Waals surface area contributed by atoms with E-state index in [9.17, 15) is 8.42 Å². The number of hydrogen-bond donors (Lipinski definition) is 2. The number of hydrogen-bond acceptors (Lipinski definition) is 4. The fourth-order valence-corrected chi connectivity index (χ4v) is 3.37. The molecule has 2 rings (SSSR count). The van der Waals surface area contributed by atoms with Gasteiger partial charge in [-0.3, -0.25) is 0 Å². The lowest BCUT2D eigenvalue weighted by atomic mass is 10.1. The first-order valence-electron chi connectivity index (χ1n) is 6.79. The van der Waals surface area contributed by atoms with Gasteiger partial charge in [0, 0.05) is 18.5 Å². The second kappa shape index (κ2) is 6.43. The molecule has 2 unspecified atom stereocenters. The van der Waals surface area contributed by atoms with Crippen molar-refractivity contribution in [3.05, 3.63) is 54.0 Å². The van der Waals surface area contributed by atoms with E-state index in [1.807, 2.05) is 19.1 Å². The molecule has 1 heterocycles. The van der Waals surface area contributed by atoms with E-state index < -0.39 is 10.0 Å². The molecule has 0 radical (unpaired) electrons. The standard InChI is InChI=1S/C15H20N2O3S/c1-11(9-14-6-4-8-20-14)17-21(18,19)15-7-3-5-13(10-15)12(2)16/h3-8,10-12,17H,9,16H2,1-2H3. The van der Waals surface area contributed by atoms with Crippen LogP contribution in [0.15, 0.2) is 52.0 Å². The molecule has 114 valence electrons. The maximum Gasteiger partial charge on any atom is 0.240 e. The number of nitrogens with two attached hydrogens (primary N) is 1. The Kier molecular flexibility index (Phi) is 4.82. The number of nitrogens with one attached hydrogen (secondary N) is 1. The third-order valence-electron chi connectivity index (χ3n) is 3.14. The summed E-state index contributed by atoms with van der Waals surface area (Å²) in [5.41, 5.74) is 6.58. The van der Waals surface area contributed by atoms with E-state index in [4.69, 9.17) is 10.2 Å². The Morgan fingerprint density at radius 1 is 1.24 bits per heavy atom. The third-order valence-corrected chi connectivity index (χ3v) is 4.73. The average molecular weight is 308 g/mol. The van der Waals surface area contributed by atoms with Crippen molar-refractivity contribution in [3.63, 3.8) is 0 Å². The third kappa shape index (κ3) is 4.17. The molecular weight excluding hydrogens is 288 g/mol. The van der Waals surface area contributed by atoms with E-state index in [2.05, 4.69) is 4.72 Å². The van der Waals surface area contributed by atoms with Crippen molar-refractivity contribution in [2.75, 3.05) is 0 Å². The minimum atomic E-state index is -3.57. The summed E-state index contributed by atoms with van der Waals surface area (Å²) < 4.78 is 32.6. The Balaban J connectivity index is 2.12. The molecule has 0 amide bonds. The van der Waals surface area contributed by atoms with Gasteiger partial charge in [0.2, 0.25) is 10.0 Å². The van der Waals surface area contributed by atoms with Crippen LogP contribution in [0.4, 0.5) is 0 Å². The molecular formula is C15H20N2O3S. The van der Waals surface area contributed by atoms with Crippen LogP contribution in [-0.2, 0) is 16.4 Å². The number of furan rings is 1. The second-order valence-electron chi connectivity index (χ2n) is 5.17. The fourth-order valence-electron chi connectivity index (χ4n) is 2.07. The zero-order chi connectivity index (χ0) is 15.5. The zero-order valence-electron chi connectivity index (χ0n) is 12.1. The van der Waals surface area contributed by atoms with Crippen molar-refractivity contribution in [1.29, 1.82) is 0 Å². The molecule has 5 nitrogen and oxygen atoms in total. The fraction of sp³-hybridized carbons (Fsp3) is 0.333. The molecule has 0 bridgehead atoms. The van der Waals surface area contributed by atoms with Gasteiger partial charge in [0.05, 0.1) is 11.2 Å². The summed E-state index contributed by atoms with van der Waals surface area (Å²) in [6.45, 7) is 3.62. The average Bonchev–Trinajstić information content (AvgIpc) is 2.91. The van der Waals surface area contributed by atoms with Crippen LogP contribution in [0.5, 0.6) is 0 Å². The first-order chi connectivity index (χ1) is 9.88. The minimum absolute atomic E-state index is 0.208.